The van der Waals surface area contributed by atoms with Crippen LogP contribution in [0.5, 0.6) is 5.75 Å². The van der Waals surface area contributed by atoms with Gasteiger partial charge in [-0.15, -0.1) is 0 Å². The summed E-state index contributed by atoms with van der Waals surface area (Å²) in [6.07, 6.45) is -3.21. The zero-order valence-corrected chi connectivity index (χ0v) is 23.1. The fourth-order valence-electron chi connectivity index (χ4n) is 4.12. The summed E-state index contributed by atoms with van der Waals surface area (Å²) in [6, 6.07) is 9.30. The van der Waals surface area contributed by atoms with E-state index in [0.717, 1.165) is 12.1 Å². The Labute approximate surface area is 237 Å². The van der Waals surface area contributed by atoms with E-state index in [4.69, 9.17) is 15.2 Å². The Bertz CT molecular complexity index is 1100. The van der Waals surface area contributed by atoms with Crippen LogP contribution in [0.1, 0.15) is 48.8 Å². The fraction of sp³-hybridized carbons (Fsp3) is 0.517. The third-order valence-electron chi connectivity index (χ3n) is 6.25. The third kappa shape index (κ3) is 14.3. The monoisotopic (exact) mass is 585 g/mol. The van der Waals surface area contributed by atoms with Crippen LogP contribution in [0, 0.1) is 11.7 Å². The molecule has 0 heterocycles. The molecule has 228 valence electrons. The SMILES string of the molecule is COCC(CCNC(=O)CCCC(N)=O)COc1cc(F)cc(CC[C@H](O)CNCc2cccc(C(F)(F)F)c2)c1. The van der Waals surface area contributed by atoms with E-state index in [0.29, 0.717) is 55.7 Å². The van der Waals surface area contributed by atoms with Gasteiger partial charge in [-0.3, -0.25) is 9.59 Å². The number of amides is 2. The standard InChI is InChI=1S/C29H39F4N3O5/c1-40-18-22(10-11-36-28(39)7-3-6-27(34)38)19-41-26-14-20(13-24(30)15-26)8-9-25(37)17-35-16-21-4-2-5-23(12-21)29(31,32)33/h2,4-5,12-15,22,25,35,37H,3,6-11,16-19H2,1H3,(H2,34,38)(H,36,39)/t22?,25-/m0/s1. The molecule has 8 nitrogen and oxygen atoms in total. The number of rotatable bonds is 19. The molecule has 0 bridgehead atoms. The van der Waals surface area contributed by atoms with Crippen molar-refractivity contribution in [3.63, 3.8) is 0 Å². The van der Waals surface area contributed by atoms with Crippen LogP contribution in [0.2, 0.25) is 0 Å². The maximum absolute atomic E-state index is 14.2. The number of ether oxygens (including phenoxy) is 2. The smallest absolute Gasteiger partial charge is 0.416 e. The fourth-order valence-corrected chi connectivity index (χ4v) is 4.12. The van der Waals surface area contributed by atoms with E-state index in [1.807, 2.05) is 0 Å². The molecule has 0 aliphatic carbocycles. The first-order valence-corrected chi connectivity index (χ1v) is 13.5. The van der Waals surface area contributed by atoms with Crippen molar-refractivity contribution in [2.75, 3.05) is 33.4 Å². The van der Waals surface area contributed by atoms with E-state index in [1.54, 1.807) is 19.2 Å². The Balaban J connectivity index is 1.77. The lowest BCUT2D eigenvalue weighted by Crippen LogP contribution is -2.28. The molecule has 0 radical (unpaired) electrons. The Hall–Kier alpha value is -3.22. The van der Waals surface area contributed by atoms with Crippen LogP contribution in [0.25, 0.3) is 0 Å². The molecule has 0 aromatic heterocycles. The van der Waals surface area contributed by atoms with E-state index in [-0.39, 0.29) is 44.4 Å². The number of halogens is 4. The Morgan fingerprint density at radius 2 is 1.83 bits per heavy atom. The first-order chi connectivity index (χ1) is 19.5. The molecule has 12 heteroatoms. The highest BCUT2D eigenvalue weighted by molar-refractivity contribution is 5.77. The van der Waals surface area contributed by atoms with Gasteiger partial charge in [-0.1, -0.05) is 18.2 Å². The molecule has 5 N–H and O–H groups in total. The van der Waals surface area contributed by atoms with Crippen LogP contribution < -0.4 is 21.1 Å². The number of hydrogen-bond acceptors (Lipinski definition) is 6. The number of benzene rings is 2. The van der Waals surface area contributed by atoms with Gasteiger partial charge >= 0.3 is 6.18 Å². The van der Waals surface area contributed by atoms with E-state index in [9.17, 15) is 32.3 Å². The van der Waals surface area contributed by atoms with Gasteiger partial charge in [0.15, 0.2) is 0 Å². The topological polar surface area (TPSA) is 123 Å². The molecule has 2 amide bonds. The summed E-state index contributed by atoms with van der Waals surface area (Å²) in [5, 5.41) is 16.0. The van der Waals surface area contributed by atoms with Crippen LogP contribution >= 0.6 is 0 Å². The average Bonchev–Trinajstić information content (AvgIpc) is 2.90. The summed E-state index contributed by atoms with van der Waals surface area (Å²) in [6.45, 7) is 1.33. The maximum Gasteiger partial charge on any atom is 0.416 e. The highest BCUT2D eigenvalue weighted by Gasteiger charge is 2.30. The first kappa shape index (κ1) is 34.0. The molecule has 0 fully saturated rings. The molecule has 2 aromatic carbocycles. The van der Waals surface area contributed by atoms with Gasteiger partial charge in [0, 0.05) is 51.6 Å². The quantitative estimate of drug-likeness (QED) is 0.187. The van der Waals surface area contributed by atoms with Gasteiger partial charge in [0.2, 0.25) is 11.8 Å². The number of hydrogen-bond donors (Lipinski definition) is 4. The van der Waals surface area contributed by atoms with Crippen LogP contribution in [-0.4, -0.2) is 56.4 Å². The molecule has 41 heavy (non-hydrogen) atoms. The number of primary amides is 1. The molecule has 0 saturated heterocycles. The van der Waals surface area contributed by atoms with E-state index < -0.39 is 29.6 Å². The second kappa shape index (κ2) is 17.6. The minimum atomic E-state index is -4.42. The highest BCUT2D eigenvalue weighted by atomic mass is 19.4. The number of aryl methyl sites for hydroxylation is 1. The van der Waals surface area contributed by atoms with Gasteiger partial charge in [-0.2, -0.15) is 13.2 Å². The molecule has 0 aliphatic rings. The second-order valence-corrected chi connectivity index (χ2v) is 9.91. The number of aliphatic hydroxyl groups is 1. The normalized spacial score (nSPS) is 13.0. The number of methoxy groups -OCH3 is 1. The molecule has 0 saturated carbocycles. The largest absolute Gasteiger partial charge is 0.493 e. The van der Waals surface area contributed by atoms with E-state index in [2.05, 4.69) is 10.6 Å². The molecule has 2 rings (SSSR count). The van der Waals surface area contributed by atoms with Gasteiger partial charge in [0.25, 0.3) is 0 Å². The highest BCUT2D eigenvalue weighted by Crippen LogP contribution is 2.29. The first-order valence-electron chi connectivity index (χ1n) is 13.5. The number of aliphatic hydroxyl groups excluding tert-OH is 1. The van der Waals surface area contributed by atoms with Crippen LogP contribution in [-0.2, 0) is 33.5 Å². The zero-order valence-electron chi connectivity index (χ0n) is 23.1. The van der Waals surface area contributed by atoms with Gasteiger partial charge in [0.1, 0.15) is 11.6 Å². The minimum Gasteiger partial charge on any atom is -0.493 e. The number of alkyl halides is 3. The molecular formula is C29H39F4N3O5. The van der Waals surface area contributed by atoms with Crippen molar-refractivity contribution >= 4 is 11.8 Å². The average molecular weight is 586 g/mol. The Morgan fingerprint density at radius 3 is 2.54 bits per heavy atom. The third-order valence-corrected chi connectivity index (χ3v) is 6.25. The molecule has 0 spiro atoms. The van der Waals surface area contributed by atoms with Crippen molar-refractivity contribution in [1.82, 2.24) is 10.6 Å². The lowest BCUT2D eigenvalue weighted by Gasteiger charge is -2.18. The van der Waals surface area contributed by atoms with Crippen molar-refractivity contribution in [2.45, 2.75) is 57.3 Å². The molecular weight excluding hydrogens is 546 g/mol. The van der Waals surface area contributed by atoms with Crippen molar-refractivity contribution in [2.24, 2.45) is 11.7 Å². The zero-order chi connectivity index (χ0) is 30.3. The predicted molar refractivity (Wildman–Crippen MR) is 145 cm³/mol. The lowest BCUT2D eigenvalue weighted by molar-refractivity contribution is -0.137. The van der Waals surface area contributed by atoms with Crippen molar-refractivity contribution in [3.8, 4) is 5.75 Å². The lowest BCUT2D eigenvalue weighted by atomic mass is 10.1. The maximum atomic E-state index is 14.2. The van der Waals surface area contributed by atoms with Gasteiger partial charge < -0.3 is 30.9 Å². The number of carbonyl (C=O) groups is 2. The second-order valence-electron chi connectivity index (χ2n) is 9.91. The van der Waals surface area contributed by atoms with Crippen LogP contribution in [0.3, 0.4) is 0 Å². The molecule has 2 aromatic rings. The number of nitrogens with two attached hydrogens (primary N) is 1. The predicted octanol–water partition coefficient (Wildman–Crippen LogP) is 3.73. The summed E-state index contributed by atoms with van der Waals surface area (Å²) in [7, 11) is 1.55. The summed E-state index contributed by atoms with van der Waals surface area (Å²) < 4.78 is 63.9. The summed E-state index contributed by atoms with van der Waals surface area (Å²) in [4.78, 5) is 22.6. The number of nitrogens with one attached hydrogen (secondary N) is 2. The van der Waals surface area contributed by atoms with Gasteiger partial charge in [-0.25, -0.2) is 4.39 Å². The van der Waals surface area contributed by atoms with Gasteiger partial charge in [-0.05, 0) is 55.0 Å². The van der Waals surface area contributed by atoms with Crippen molar-refractivity contribution in [1.29, 1.82) is 0 Å². The van der Waals surface area contributed by atoms with Crippen LogP contribution in [0.4, 0.5) is 17.6 Å². The Morgan fingerprint density at radius 1 is 1.05 bits per heavy atom. The summed E-state index contributed by atoms with van der Waals surface area (Å²) in [5.41, 5.74) is 5.42. The summed E-state index contributed by atoms with van der Waals surface area (Å²) >= 11 is 0. The number of carbonyl (C=O) groups excluding carboxylic acids is 2. The molecule has 2 atom stereocenters. The van der Waals surface area contributed by atoms with Crippen molar-refractivity contribution in [3.05, 3.63) is 65.0 Å². The van der Waals surface area contributed by atoms with Crippen molar-refractivity contribution < 1.29 is 41.7 Å². The molecule has 0 aliphatic heterocycles. The van der Waals surface area contributed by atoms with E-state index >= 15 is 0 Å². The minimum absolute atomic E-state index is 0.0673. The molecule has 1 unspecified atom stereocenters. The van der Waals surface area contributed by atoms with E-state index in [1.165, 1.54) is 18.2 Å². The summed E-state index contributed by atoms with van der Waals surface area (Å²) in [5.74, 6) is -0.847. The van der Waals surface area contributed by atoms with Crippen LogP contribution in [0.15, 0.2) is 42.5 Å². The van der Waals surface area contributed by atoms with Gasteiger partial charge in [0.05, 0.1) is 24.9 Å². The Kier molecular flexibility index (Phi) is 14.6.